The lowest BCUT2D eigenvalue weighted by atomic mass is 9.64. The minimum atomic E-state index is 0.257. The molecule has 2 heteroatoms. The van der Waals surface area contributed by atoms with Gasteiger partial charge in [0.25, 0.3) is 0 Å². The Kier molecular flexibility index (Phi) is 1.08. The van der Waals surface area contributed by atoms with E-state index in [-0.39, 0.29) is 5.91 Å². The average molecular weight is 139 g/mol. The average Bonchev–Trinajstić information content (AvgIpc) is 2.04. The molecular weight excluding hydrogens is 126 g/mol. The van der Waals surface area contributed by atoms with Gasteiger partial charge < -0.3 is 5.32 Å². The van der Waals surface area contributed by atoms with Crippen molar-refractivity contribution < 1.29 is 4.79 Å². The number of carbonyl (C=O) groups excluding carboxylic acids is 1. The third-order valence-electron chi connectivity index (χ3n) is 3.16. The van der Waals surface area contributed by atoms with Crippen LogP contribution in [0.25, 0.3) is 0 Å². The normalized spacial score (nSPS) is 35.7. The summed E-state index contributed by atoms with van der Waals surface area (Å²) in [6, 6.07) is 0.439. The summed E-state index contributed by atoms with van der Waals surface area (Å²) >= 11 is 0. The SMILES string of the molecule is C[C@H]1NC(=O)CC12CCC2. The fraction of sp³-hybridized carbons (Fsp3) is 0.875. The second-order valence-electron chi connectivity index (χ2n) is 3.68. The smallest absolute Gasteiger partial charge is 0.220 e. The minimum Gasteiger partial charge on any atom is -0.353 e. The largest absolute Gasteiger partial charge is 0.353 e. The molecular formula is C8H13NO. The van der Waals surface area contributed by atoms with Crippen molar-refractivity contribution in [1.29, 1.82) is 0 Å². The zero-order valence-electron chi connectivity index (χ0n) is 6.31. The maximum absolute atomic E-state index is 11.0. The van der Waals surface area contributed by atoms with Crippen LogP contribution in [0.15, 0.2) is 0 Å². The van der Waals surface area contributed by atoms with E-state index in [0.29, 0.717) is 11.5 Å². The van der Waals surface area contributed by atoms with Crippen LogP contribution in [0.1, 0.15) is 32.6 Å². The van der Waals surface area contributed by atoms with Crippen LogP contribution in [0, 0.1) is 5.41 Å². The lowest BCUT2D eigenvalue weighted by Gasteiger charge is -2.40. The topological polar surface area (TPSA) is 29.1 Å². The van der Waals surface area contributed by atoms with Crippen LogP contribution in [0.5, 0.6) is 0 Å². The van der Waals surface area contributed by atoms with Crippen LogP contribution >= 0.6 is 0 Å². The summed E-state index contributed by atoms with van der Waals surface area (Å²) in [5.74, 6) is 0.257. The maximum Gasteiger partial charge on any atom is 0.220 e. The highest BCUT2D eigenvalue weighted by atomic mass is 16.2. The molecule has 1 heterocycles. The van der Waals surface area contributed by atoms with Gasteiger partial charge in [-0.2, -0.15) is 0 Å². The van der Waals surface area contributed by atoms with Crippen LogP contribution in [-0.2, 0) is 4.79 Å². The molecule has 10 heavy (non-hydrogen) atoms. The van der Waals surface area contributed by atoms with Crippen LogP contribution in [0.4, 0.5) is 0 Å². The van der Waals surface area contributed by atoms with Crippen molar-refractivity contribution in [3.8, 4) is 0 Å². The molecule has 1 N–H and O–H groups in total. The van der Waals surface area contributed by atoms with Gasteiger partial charge in [0.2, 0.25) is 5.91 Å². The molecule has 1 atom stereocenters. The molecule has 1 saturated heterocycles. The maximum atomic E-state index is 11.0. The Morgan fingerprint density at radius 2 is 2.30 bits per heavy atom. The van der Waals surface area contributed by atoms with E-state index in [9.17, 15) is 4.79 Å². The number of amides is 1. The molecule has 1 saturated carbocycles. The molecule has 0 aromatic carbocycles. The van der Waals surface area contributed by atoms with Crippen molar-refractivity contribution in [3.63, 3.8) is 0 Å². The van der Waals surface area contributed by atoms with Crippen molar-refractivity contribution in [1.82, 2.24) is 5.32 Å². The van der Waals surface area contributed by atoms with E-state index in [0.717, 1.165) is 6.42 Å². The van der Waals surface area contributed by atoms with Gasteiger partial charge in [-0.3, -0.25) is 4.79 Å². The molecule has 0 aromatic rings. The second kappa shape index (κ2) is 1.74. The van der Waals surface area contributed by atoms with E-state index in [2.05, 4.69) is 12.2 Å². The first-order valence-electron chi connectivity index (χ1n) is 4.02. The van der Waals surface area contributed by atoms with E-state index < -0.39 is 0 Å². The monoisotopic (exact) mass is 139 g/mol. The summed E-state index contributed by atoms with van der Waals surface area (Å²) in [5, 5.41) is 2.97. The zero-order chi connectivity index (χ0) is 7.19. The quantitative estimate of drug-likeness (QED) is 0.534. The Labute approximate surface area is 61.0 Å². The summed E-state index contributed by atoms with van der Waals surface area (Å²) in [7, 11) is 0. The minimum absolute atomic E-state index is 0.257. The predicted molar refractivity (Wildman–Crippen MR) is 38.5 cm³/mol. The van der Waals surface area contributed by atoms with Gasteiger partial charge in [0.1, 0.15) is 0 Å². The summed E-state index contributed by atoms with van der Waals surface area (Å²) < 4.78 is 0. The molecule has 1 aliphatic carbocycles. The number of hydrogen-bond acceptors (Lipinski definition) is 1. The molecule has 0 unspecified atom stereocenters. The third-order valence-corrected chi connectivity index (χ3v) is 3.16. The van der Waals surface area contributed by atoms with Crippen LogP contribution in [0.2, 0.25) is 0 Å². The van der Waals surface area contributed by atoms with E-state index in [1.54, 1.807) is 0 Å². The molecule has 56 valence electrons. The molecule has 0 radical (unpaired) electrons. The van der Waals surface area contributed by atoms with Crippen molar-refractivity contribution in [2.75, 3.05) is 0 Å². The van der Waals surface area contributed by atoms with Gasteiger partial charge >= 0.3 is 0 Å². The fourth-order valence-corrected chi connectivity index (χ4v) is 2.16. The van der Waals surface area contributed by atoms with Crippen LogP contribution in [-0.4, -0.2) is 11.9 Å². The first-order valence-corrected chi connectivity index (χ1v) is 4.02. The number of rotatable bonds is 0. The summed E-state index contributed by atoms with van der Waals surface area (Å²) in [4.78, 5) is 11.0. The highest BCUT2D eigenvalue weighted by molar-refractivity contribution is 5.80. The first-order chi connectivity index (χ1) is 4.73. The Hall–Kier alpha value is -0.530. The van der Waals surface area contributed by atoms with Crippen molar-refractivity contribution in [3.05, 3.63) is 0 Å². The number of carbonyl (C=O) groups is 1. The van der Waals surface area contributed by atoms with E-state index in [1.807, 2.05) is 0 Å². The van der Waals surface area contributed by atoms with Gasteiger partial charge in [0.05, 0.1) is 0 Å². The van der Waals surface area contributed by atoms with E-state index in [4.69, 9.17) is 0 Å². The zero-order valence-corrected chi connectivity index (χ0v) is 6.31. The standard InChI is InChI=1S/C8H13NO/c1-6-8(3-2-4-8)5-7(10)9-6/h6H,2-5H2,1H3,(H,9,10)/t6-/m1/s1. The van der Waals surface area contributed by atoms with Crippen LogP contribution in [0.3, 0.4) is 0 Å². The highest BCUT2D eigenvalue weighted by Crippen LogP contribution is 2.49. The second-order valence-corrected chi connectivity index (χ2v) is 3.68. The molecule has 1 aliphatic heterocycles. The fourth-order valence-electron chi connectivity index (χ4n) is 2.16. The van der Waals surface area contributed by atoms with Gasteiger partial charge in [0, 0.05) is 12.5 Å². The molecule has 2 fully saturated rings. The van der Waals surface area contributed by atoms with E-state index in [1.165, 1.54) is 19.3 Å². The van der Waals surface area contributed by atoms with Gasteiger partial charge in [-0.05, 0) is 25.2 Å². The molecule has 1 spiro atoms. The molecule has 2 aliphatic rings. The predicted octanol–water partition coefficient (Wildman–Crippen LogP) is 1.07. The van der Waals surface area contributed by atoms with Gasteiger partial charge in [-0.25, -0.2) is 0 Å². The van der Waals surface area contributed by atoms with Crippen molar-refractivity contribution in [2.45, 2.75) is 38.6 Å². The molecule has 0 bridgehead atoms. The Morgan fingerprint density at radius 3 is 2.50 bits per heavy atom. The Bertz CT molecular complexity index is 172. The van der Waals surface area contributed by atoms with Crippen molar-refractivity contribution in [2.24, 2.45) is 5.41 Å². The van der Waals surface area contributed by atoms with Gasteiger partial charge in [0.15, 0.2) is 0 Å². The lowest BCUT2D eigenvalue weighted by molar-refractivity contribution is -0.120. The lowest BCUT2D eigenvalue weighted by Crippen LogP contribution is -2.39. The number of nitrogens with one attached hydrogen (secondary N) is 1. The third kappa shape index (κ3) is 0.619. The highest BCUT2D eigenvalue weighted by Gasteiger charge is 2.48. The first kappa shape index (κ1) is 6.20. The molecule has 0 aromatic heterocycles. The number of hydrogen-bond donors (Lipinski definition) is 1. The Morgan fingerprint density at radius 1 is 1.60 bits per heavy atom. The van der Waals surface area contributed by atoms with Gasteiger partial charge in [-0.15, -0.1) is 0 Å². The van der Waals surface area contributed by atoms with E-state index >= 15 is 0 Å². The van der Waals surface area contributed by atoms with Crippen LogP contribution < -0.4 is 5.32 Å². The summed E-state index contributed by atoms with van der Waals surface area (Å²) in [5.41, 5.74) is 0.386. The molecule has 1 amide bonds. The van der Waals surface area contributed by atoms with Crippen molar-refractivity contribution >= 4 is 5.91 Å². The molecule has 2 nitrogen and oxygen atoms in total. The van der Waals surface area contributed by atoms with Gasteiger partial charge in [-0.1, -0.05) is 6.42 Å². The Balaban J connectivity index is 2.15. The summed E-state index contributed by atoms with van der Waals surface area (Å²) in [6.07, 6.45) is 4.62. The molecule has 2 rings (SSSR count). The summed E-state index contributed by atoms with van der Waals surface area (Å²) in [6.45, 7) is 2.13.